The number of H-pyrrole nitrogens is 1. The molecule has 1 fully saturated rings. The molecule has 6 atom stereocenters. The lowest BCUT2D eigenvalue weighted by Crippen LogP contribution is -2.66. The number of amides is 1. The molecule has 1 aromatic heterocycles. The van der Waals surface area contributed by atoms with Crippen LogP contribution in [0, 0.1) is 0 Å². The molecule has 3 rings (SSSR count). The minimum Gasteiger partial charge on any atom is -0.460 e. The summed E-state index contributed by atoms with van der Waals surface area (Å²) in [7, 11) is 0. The predicted octanol–water partition coefficient (Wildman–Crippen LogP) is 1.05. The Morgan fingerprint density at radius 2 is 2.20 bits per heavy atom. The molecule has 0 aliphatic carbocycles. The molecule has 0 saturated carbocycles. The molecule has 6 N–H and O–H groups in total. The first kappa shape index (κ1) is 23.3. The van der Waals surface area contributed by atoms with E-state index in [0.29, 0.717) is 20.6 Å². The summed E-state index contributed by atoms with van der Waals surface area (Å²) in [4.78, 5) is 14.6. The number of fused-ring (bicyclic) bond motifs is 1. The van der Waals surface area contributed by atoms with Gasteiger partial charge in [0.05, 0.1) is 34.7 Å². The molecule has 1 saturated heterocycles. The van der Waals surface area contributed by atoms with Crippen molar-refractivity contribution < 1.29 is 34.7 Å². The summed E-state index contributed by atoms with van der Waals surface area (Å²) in [5.41, 5.74) is 0.724. The van der Waals surface area contributed by atoms with E-state index in [-0.39, 0.29) is 6.42 Å². The maximum absolute atomic E-state index is 11.6. The molecule has 166 valence electrons. The molecule has 1 unspecified atom stereocenters. The van der Waals surface area contributed by atoms with E-state index < -0.39 is 48.8 Å². The topological polar surface area (TPSA) is 144 Å². The Kier molecular flexibility index (Phi) is 6.97. The number of aromatic amines is 1. The van der Waals surface area contributed by atoms with Crippen LogP contribution < -0.4 is 10.1 Å². The summed E-state index contributed by atoms with van der Waals surface area (Å²) in [5, 5.41) is 43.8. The van der Waals surface area contributed by atoms with Crippen LogP contribution in [0.25, 0.3) is 10.9 Å². The van der Waals surface area contributed by atoms with Crippen molar-refractivity contribution in [3.8, 4) is 5.75 Å². The number of benzene rings is 1. The van der Waals surface area contributed by atoms with Gasteiger partial charge in [0, 0.05) is 30.9 Å². The second-order valence-corrected chi connectivity index (χ2v) is 8.73. The Morgan fingerprint density at radius 3 is 2.83 bits per heavy atom. The maximum atomic E-state index is 11.6. The lowest BCUT2D eigenvalue weighted by molar-refractivity contribution is -0.280. The highest BCUT2D eigenvalue weighted by Gasteiger charge is 2.50. The monoisotopic (exact) mass is 506 g/mol. The number of nitrogens with one attached hydrogen (secondary N) is 2. The second-order valence-electron chi connectivity index (χ2n) is 7.49. The standard InChI is InChI=1S/C19H24BrClN2O7/c1-8(25)23-16-11(26)5-19(2,30-18(16)17(28)12(27)7-24)29-13-6-22-10-4-3-9(20)15(21)14(10)13/h3-4,6,11-12,16-18,22,24,26-28H,5,7H2,1-2H3,(H,23,25)/t11-,12-,16-,17-,18?,19+/m1/s1. The van der Waals surface area contributed by atoms with Crippen LogP contribution in [0.1, 0.15) is 20.3 Å². The highest BCUT2D eigenvalue weighted by atomic mass is 79.9. The van der Waals surface area contributed by atoms with E-state index in [1.54, 1.807) is 19.2 Å². The first-order valence-electron chi connectivity index (χ1n) is 9.30. The lowest BCUT2D eigenvalue weighted by Gasteiger charge is -2.47. The van der Waals surface area contributed by atoms with Gasteiger partial charge in [-0.1, -0.05) is 11.6 Å². The van der Waals surface area contributed by atoms with E-state index >= 15 is 0 Å². The normalized spacial score (nSPS) is 28.9. The van der Waals surface area contributed by atoms with Crippen LogP contribution >= 0.6 is 27.5 Å². The number of halogens is 2. The van der Waals surface area contributed by atoms with E-state index in [4.69, 9.17) is 21.1 Å². The van der Waals surface area contributed by atoms with Gasteiger partial charge < -0.3 is 40.2 Å². The van der Waals surface area contributed by atoms with Gasteiger partial charge in [-0.25, -0.2) is 0 Å². The Labute approximate surface area is 186 Å². The number of aromatic nitrogens is 1. The van der Waals surface area contributed by atoms with Crippen LogP contribution in [-0.2, 0) is 9.53 Å². The van der Waals surface area contributed by atoms with Crippen LogP contribution in [0.15, 0.2) is 22.8 Å². The fourth-order valence-electron chi connectivity index (χ4n) is 3.66. The molecule has 0 spiro atoms. The molecule has 0 bridgehead atoms. The van der Waals surface area contributed by atoms with Gasteiger partial charge in [0.25, 0.3) is 0 Å². The smallest absolute Gasteiger partial charge is 0.217 e. The van der Waals surface area contributed by atoms with Gasteiger partial charge in [-0.2, -0.15) is 0 Å². The average molecular weight is 508 g/mol. The van der Waals surface area contributed by atoms with E-state index in [9.17, 15) is 25.2 Å². The van der Waals surface area contributed by atoms with E-state index in [0.717, 1.165) is 5.52 Å². The van der Waals surface area contributed by atoms with Gasteiger partial charge >= 0.3 is 0 Å². The Bertz CT molecular complexity index is 926. The van der Waals surface area contributed by atoms with Crippen LogP contribution in [0.5, 0.6) is 5.75 Å². The molecule has 9 nitrogen and oxygen atoms in total. The van der Waals surface area contributed by atoms with Crippen molar-refractivity contribution >= 4 is 44.3 Å². The Balaban J connectivity index is 1.93. The third-order valence-electron chi connectivity index (χ3n) is 5.05. The first-order chi connectivity index (χ1) is 14.1. The number of ether oxygens (including phenoxy) is 2. The third-order valence-corrected chi connectivity index (χ3v) is 6.33. The number of carbonyl (C=O) groups is 1. The minimum absolute atomic E-state index is 0.0469. The van der Waals surface area contributed by atoms with Gasteiger partial charge in [0.15, 0.2) is 0 Å². The number of carbonyl (C=O) groups excluding carboxylic acids is 1. The van der Waals surface area contributed by atoms with Crippen molar-refractivity contribution in [3.05, 3.63) is 27.8 Å². The fraction of sp³-hybridized carbons (Fsp3) is 0.526. The summed E-state index contributed by atoms with van der Waals surface area (Å²) in [6.45, 7) is 2.10. The molecule has 1 aliphatic heterocycles. The zero-order valence-electron chi connectivity index (χ0n) is 16.3. The Morgan fingerprint density at radius 1 is 1.50 bits per heavy atom. The molecule has 1 amide bonds. The molecule has 2 aromatic rings. The zero-order valence-corrected chi connectivity index (χ0v) is 18.6. The van der Waals surface area contributed by atoms with E-state index in [1.165, 1.54) is 6.92 Å². The number of hydrogen-bond donors (Lipinski definition) is 6. The van der Waals surface area contributed by atoms with Crippen molar-refractivity contribution in [3.63, 3.8) is 0 Å². The Hall–Kier alpha value is -1.40. The summed E-state index contributed by atoms with van der Waals surface area (Å²) >= 11 is 9.77. The van der Waals surface area contributed by atoms with E-state index in [2.05, 4.69) is 26.2 Å². The summed E-state index contributed by atoms with van der Waals surface area (Å²) in [6.07, 6.45) is -4.00. The molecular formula is C19H24BrClN2O7. The van der Waals surface area contributed by atoms with Gasteiger partial charge in [-0.15, -0.1) is 0 Å². The van der Waals surface area contributed by atoms with Gasteiger partial charge in [-0.3, -0.25) is 4.79 Å². The lowest BCUT2D eigenvalue weighted by atomic mass is 9.89. The largest absolute Gasteiger partial charge is 0.460 e. The van der Waals surface area contributed by atoms with Crippen LogP contribution in [0.2, 0.25) is 5.02 Å². The minimum atomic E-state index is -1.59. The third kappa shape index (κ3) is 4.59. The van der Waals surface area contributed by atoms with Crippen molar-refractivity contribution in [2.45, 2.75) is 56.5 Å². The number of aliphatic hydroxyl groups is 4. The summed E-state index contributed by atoms with van der Waals surface area (Å²) < 4.78 is 12.7. The van der Waals surface area contributed by atoms with Crippen molar-refractivity contribution in [1.29, 1.82) is 0 Å². The van der Waals surface area contributed by atoms with Crippen molar-refractivity contribution in [2.75, 3.05) is 6.61 Å². The van der Waals surface area contributed by atoms with Crippen molar-refractivity contribution in [1.82, 2.24) is 10.3 Å². The van der Waals surface area contributed by atoms with Gasteiger partial charge in [0.1, 0.15) is 24.1 Å². The molecule has 11 heteroatoms. The average Bonchev–Trinajstić information content (AvgIpc) is 3.08. The van der Waals surface area contributed by atoms with Crippen LogP contribution in [0.4, 0.5) is 0 Å². The second kappa shape index (κ2) is 8.99. The molecule has 1 aromatic carbocycles. The highest BCUT2D eigenvalue weighted by molar-refractivity contribution is 9.10. The molecule has 1 aliphatic rings. The number of hydrogen-bond acceptors (Lipinski definition) is 7. The molecule has 30 heavy (non-hydrogen) atoms. The predicted molar refractivity (Wildman–Crippen MR) is 112 cm³/mol. The van der Waals surface area contributed by atoms with Crippen LogP contribution in [-0.4, -0.2) is 74.2 Å². The number of aliphatic hydroxyl groups excluding tert-OH is 4. The maximum Gasteiger partial charge on any atom is 0.217 e. The number of rotatable bonds is 6. The first-order valence-corrected chi connectivity index (χ1v) is 10.5. The molecular weight excluding hydrogens is 484 g/mol. The summed E-state index contributed by atoms with van der Waals surface area (Å²) in [5.74, 6) is -1.52. The summed E-state index contributed by atoms with van der Waals surface area (Å²) in [6, 6.07) is 2.58. The van der Waals surface area contributed by atoms with Crippen LogP contribution in [0.3, 0.4) is 0 Å². The fourth-order valence-corrected chi connectivity index (χ4v) is 4.25. The SMILES string of the molecule is CC(=O)N[C@H]1C([C@H](O)[C@H](O)CO)O[C@](C)(Oc2c[nH]c3ccc(Br)c(Cl)c23)C[C@H]1O. The van der Waals surface area contributed by atoms with E-state index in [1.807, 2.05) is 6.07 Å². The van der Waals surface area contributed by atoms with Crippen molar-refractivity contribution in [2.24, 2.45) is 0 Å². The molecule has 0 radical (unpaired) electrons. The quantitative estimate of drug-likeness (QED) is 0.343. The molecule has 2 heterocycles. The van der Waals surface area contributed by atoms with Gasteiger partial charge in [0.2, 0.25) is 11.7 Å². The van der Waals surface area contributed by atoms with Gasteiger partial charge in [-0.05, 0) is 28.1 Å². The zero-order chi connectivity index (χ0) is 22.2. The highest BCUT2D eigenvalue weighted by Crippen LogP contribution is 2.41.